The number of carbonyl (C=O) groups is 3. The molecule has 4 aliphatic heterocycles. The molecule has 0 aromatic heterocycles. The molecule has 4 bridgehead atoms. The lowest BCUT2D eigenvalue weighted by Crippen LogP contribution is -2.46. The van der Waals surface area contributed by atoms with Crippen LogP contribution in [-0.2, 0) is 23.8 Å². The molecule has 14 heteroatoms. The molecule has 4 heterocycles. The number of ketones is 1. The summed E-state index contributed by atoms with van der Waals surface area (Å²) in [5.74, 6) is -6.77. The highest BCUT2D eigenvalue weighted by molar-refractivity contribution is 6.27. The van der Waals surface area contributed by atoms with Gasteiger partial charge in [-0.25, -0.2) is 0 Å². The number of carbonyl (C=O) groups excluding carboxylic acids is 3. The number of phenolic OH excluding ortho intramolecular Hbond substituents is 2. The molecule has 1 amide bonds. The van der Waals surface area contributed by atoms with E-state index in [4.69, 9.17) is 18.9 Å². The highest BCUT2D eigenvalue weighted by Gasteiger charge is 2.50. The number of esters is 1. The van der Waals surface area contributed by atoms with Crippen molar-refractivity contribution in [2.45, 2.75) is 98.7 Å². The van der Waals surface area contributed by atoms with Crippen LogP contribution in [0, 0.1) is 30.6 Å². The Labute approximate surface area is 332 Å². The topological polar surface area (TPSA) is 196 Å². The first kappa shape index (κ1) is 41.3. The van der Waals surface area contributed by atoms with Gasteiger partial charge in [0.25, 0.3) is 11.7 Å². The van der Waals surface area contributed by atoms with Crippen LogP contribution in [0.5, 0.6) is 17.2 Å². The van der Waals surface area contributed by atoms with Gasteiger partial charge in [0.1, 0.15) is 29.5 Å². The Morgan fingerprint density at radius 2 is 1.65 bits per heavy atom. The molecule has 0 saturated carbocycles. The summed E-state index contributed by atoms with van der Waals surface area (Å²) in [5, 5.41) is 53.0. The Bertz CT molecular complexity index is 2150. The van der Waals surface area contributed by atoms with E-state index >= 15 is 0 Å². The standard InChI is InChI=1S/C43H53N3O11/c1-19-14-16-46-28(18-19)44-32-29-30-37(50)25(7)40-31(29)41(52)43(9,57-40)55-17-15-27(54-10)22(4)39(56-26(8)47)24(6)36(49)23(5)35(48)20(2)12-11-13-21(3)42(53)45-33(34(32)46)38(30)51/h11-18,20,22-24,27-28,35-36,39,44,48-51H,1-10H3,(H,45,53). The fourth-order valence-corrected chi connectivity index (χ4v) is 8.27. The van der Waals surface area contributed by atoms with Crippen molar-refractivity contribution in [3.63, 3.8) is 0 Å². The molecular weight excluding hydrogens is 734 g/mol. The number of rotatable bonds is 2. The molecule has 4 aliphatic rings. The third kappa shape index (κ3) is 7.14. The summed E-state index contributed by atoms with van der Waals surface area (Å²) in [6.07, 6.45) is 9.12. The molecule has 0 saturated heterocycles. The number of aliphatic hydroxyl groups is 2. The number of aliphatic hydroxyl groups excluding tert-OH is 2. The van der Waals surface area contributed by atoms with E-state index in [0.29, 0.717) is 11.4 Å². The zero-order chi connectivity index (χ0) is 41.8. The fourth-order valence-electron chi connectivity index (χ4n) is 8.27. The zero-order valence-electron chi connectivity index (χ0n) is 33.9. The quantitative estimate of drug-likeness (QED) is 0.117. The van der Waals surface area contributed by atoms with E-state index in [-0.39, 0.29) is 44.7 Å². The van der Waals surface area contributed by atoms with Crippen molar-refractivity contribution in [3.05, 3.63) is 71.2 Å². The van der Waals surface area contributed by atoms with Crippen LogP contribution in [0.2, 0.25) is 0 Å². The van der Waals surface area contributed by atoms with E-state index in [1.807, 2.05) is 24.0 Å². The maximum absolute atomic E-state index is 14.6. The number of anilines is 3. The first-order valence-corrected chi connectivity index (χ1v) is 19.1. The first-order chi connectivity index (χ1) is 26.8. The number of nitrogens with one attached hydrogen (secondary N) is 2. The summed E-state index contributed by atoms with van der Waals surface area (Å²) < 4.78 is 23.9. The van der Waals surface area contributed by atoms with Gasteiger partial charge in [-0.15, -0.1) is 0 Å². The van der Waals surface area contributed by atoms with Crippen LogP contribution in [0.3, 0.4) is 0 Å². The number of hydrogen-bond donors (Lipinski definition) is 6. The van der Waals surface area contributed by atoms with E-state index in [1.165, 1.54) is 27.2 Å². The molecule has 0 spiro atoms. The van der Waals surface area contributed by atoms with Crippen molar-refractivity contribution in [1.82, 2.24) is 0 Å². The van der Waals surface area contributed by atoms with Crippen LogP contribution in [0.15, 0.2) is 60.1 Å². The van der Waals surface area contributed by atoms with Crippen molar-refractivity contribution in [2.75, 3.05) is 22.6 Å². The Kier molecular flexibility index (Phi) is 11.3. The molecule has 0 fully saturated rings. The van der Waals surface area contributed by atoms with Crippen molar-refractivity contribution < 1.29 is 53.8 Å². The maximum Gasteiger partial charge on any atom is 0.312 e. The average Bonchev–Trinajstić information content (AvgIpc) is 3.67. The molecule has 2 aromatic rings. The first-order valence-electron chi connectivity index (χ1n) is 19.1. The minimum absolute atomic E-state index is 0.0109. The van der Waals surface area contributed by atoms with E-state index in [2.05, 4.69) is 10.6 Å². The predicted octanol–water partition coefficient (Wildman–Crippen LogP) is 6.08. The number of ether oxygens (including phenoxy) is 4. The summed E-state index contributed by atoms with van der Waals surface area (Å²) in [7, 11) is 1.46. The van der Waals surface area contributed by atoms with Gasteiger partial charge in [0.05, 0.1) is 46.9 Å². The Hall–Kier alpha value is -5.31. The lowest BCUT2D eigenvalue weighted by atomic mass is 9.78. The maximum atomic E-state index is 14.6. The van der Waals surface area contributed by atoms with E-state index in [0.717, 1.165) is 5.57 Å². The van der Waals surface area contributed by atoms with Crippen LogP contribution in [0.1, 0.15) is 71.3 Å². The second-order valence-corrected chi connectivity index (χ2v) is 15.8. The predicted molar refractivity (Wildman–Crippen MR) is 215 cm³/mol. The summed E-state index contributed by atoms with van der Waals surface area (Å²) in [6.45, 7) is 14.8. The van der Waals surface area contributed by atoms with E-state index in [1.54, 1.807) is 72.0 Å². The van der Waals surface area contributed by atoms with E-state index < -0.39 is 83.4 Å². The van der Waals surface area contributed by atoms with Gasteiger partial charge in [-0.1, -0.05) is 45.9 Å². The van der Waals surface area contributed by atoms with Crippen LogP contribution < -0.4 is 20.3 Å². The van der Waals surface area contributed by atoms with Gasteiger partial charge >= 0.3 is 11.8 Å². The smallest absolute Gasteiger partial charge is 0.312 e. The number of methoxy groups -OCH3 is 1. The number of amides is 1. The molecule has 6 rings (SSSR count). The molecule has 57 heavy (non-hydrogen) atoms. The minimum atomic E-state index is -1.94. The number of Topliss-reactive ketones (excluding diaryl/α,β-unsaturated/α-hetero) is 1. The van der Waals surface area contributed by atoms with Gasteiger partial charge in [0.15, 0.2) is 5.75 Å². The fraction of sp³-hybridized carbons (Fsp3) is 0.465. The van der Waals surface area contributed by atoms with Crippen molar-refractivity contribution in [1.29, 1.82) is 0 Å². The summed E-state index contributed by atoms with van der Waals surface area (Å²) in [6, 6.07) is 0. The largest absolute Gasteiger partial charge is 0.507 e. The second kappa shape index (κ2) is 15.6. The molecular formula is C43H53N3O11. The number of aromatic hydroxyl groups is 2. The second-order valence-electron chi connectivity index (χ2n) is 15.8. The number of hydrogen-bond acceptors (Lipinski definition) is 13. The van der Waals surface area contributed by atoms with Gasteiger partial charge in [0.2, 0.25) is 0 Å². The Balaban J connectivity index is 1.54. The third-order valence-electron chi connectivity index (χ3n) is 11.8. The summed E-state index contributed by atoms with van der Waals surface area (Å²) in [4.78, 5) is 42.6. The molecule has 0 radical (unpaired) electrons. The number of benzene rings is 2. The van der Waals surface area contributed by atoms with Crippen LogP contribution in [-0.4, -0.2) is 81.6 Å². The monoisotopic (exact) mass is 787 g/mol. The molecule has 14 nitrogen and oxygen atoms in total. The lowest BCUT2D eigenvalue weighted by Gasteiger charge is -2.38. The van der Waals surface area contributed by atoms with Gasteiger partial charge in [0, 0.05) is 67.4 Å². The Morgan fingerprint density at radius 3 is 2.32 bits per heavy atom. The highest BCUT2D eigenvalue weighted by atomic mass is 16.7. The van der Waals surface area contributed by atoms with Gasteiger partial charge < -0.3 is 54.9 Å². The molecule has 10 atom stereocenters. The molecule has 0 aliphatic carbocycles. The zero-order valence-corrected chi connectivity index (χ0v) is 33.9. The van der Waals surface area contributed by atoms with Crippen LogP contribution in [0.4, 0.5) is 17.1 Å². The van der Waals surface area contributed by atoms with Crippen LogP contribution >= 0.6 is 0 Å². The van der Waals surface area contributed by atoms with Gasteiger partial charge in [-0.05, 0) is 44.6 Å². The van der Waals surface area contributed by atoms with Crippen LogP contribution in [0.25, 0.3) is 10.8 Å². The highest BCUT2D eigenvalue weighted by Crippen LogP contribution is 2.59. The lowest BCUT2D eigenvalue weighted by molar-refractivity contribution is -0.160. The summed E-state index contributed by atoms with van der Waals surface area (Å²) >= 11 is 0. The molecule has 306 valence electrons. The number of phenols is 2. The van der Waals surface area contributed by atoms with Gasteiger partial charge in [-0.2, -0.15) is 0 Å². The Morgan fingerprint density at radius 1 is 0.947 bits per heavy atom. The van der Waals surface area contributed by atoms with Crippen molar-refractivity contribution in [3.8, 4) is 17.2 Å². The third-order valence-corrected chi connectivity index (χ3v) is 11.8. The van der Waals surface area contributed by atoms with Crippen molar-refractivity contribution >= 4 is 45.5 Å². The number of allylic oxidation sites excluding steroid dienone is 4. The van der Waals surface area contributed by atoms with Gasteiger partial charge in [-0.3, -0.25) is 14.4 Å². The number of fused-ring (bicyclic) bond motifs is 2. The molecule has 6 N–H and O–H groups in total. The minimum Gasteiger partial charge on any atom is -0.507 e. The normalized spacial score (nSPS) is 31.6. The average molecular weight is 788 g/mol. The summed E-state index contributed by atoms with van der Waals surface area (Å²) in [5.41, 5.74) is 2.18. The SMILES string of the molecule is COC1C=COC2(C)Oc3c(C)c(O)c4c(O)c(c5c(c4c3C2=O)NC2C=C(C)C=CN52)NC(=O)C(C)=CC=CC(C)C(O)C(C)C(O)C(C)C(OC(C)=O)C1C. The number of nitrogens with zero attached hydrogens (tertiary/aromatic N) is 1. The van der Waals surface area contributed by atoms with E-state index in [9.17, 15) is 34.8 Å². The molecule has 10 unspecified atom stereocenters. The molecule has 2 aromatic carbocycles. The van der Waals surface area contributed by atoms with Crippen molar-refractivity contribution in [2.24, 2.45) is 23.7 Å².